The molecular weight excluding hydrogens is 474 g/mol. The van der Waals surface area contributed by atoms with E-state index >= 15 is 0 Å². The van der Waals surface area contributed by atoms with E-state index in [1.807, 2.05) is 0 Å². The second-order valence-electron chi connectivity index (χ2n) is 9.16. The third kappa shape index (κ3) is 5.09. The number of hydrogen-bond donors (Lipinski definition) is 1. The summed E-state index contributed by atoms with van der Waals surface area (Å²) >= 11 is 0. The van der Waals surface area contributed by atoms with Crippen LogP contribution in [0, 0.1) is 0 Å². The maximum absolute atomic E-state index is 13.2. The fourth-order valence-electron chi connectivity index (χ4n) is 4.60. The molecule has 0 unspecified atom stereocenters. The number of benzene rings is 2. The van der Waals surface area contributed by atoms with Crippen molar-refractivity contribution < 1.29 is 18.0 Å². The molecule has 0 aliphatic heterocycles. The molecule has 0 bridgehead atoms. The van der Waals surface area contributed by atoms with Crippen molar-refractivity contribution in [1.29, 1.82) is 0 Å². The van der Waals surface area contributed by atoms with Crippen molar-refractivity contribution in [2.24, 2.45) is 0 Å². The number of aryl methyl sites for hydroxylation is 1. The molecule has 1 saturated carbocycles. The number of nitrogens with zero attached hydrogens (tertiary/aromatic N) is 2. The lowest BCUT2D eigenvalue weighted by atomic mass is 10.0. The number of fused-ring (bicyclic) bond motifs is 1. The third-order valence-corrected chi connectivity index (χ3v) is 8.45. The largest absolute Gasteiger partial charge is 0.349 e. The average Bonchev–Trinajstić information content (AvgIpc) is 3.59. The number of pyridine rings is 1. The highest BCUT2D eigenvalue weighted by Gasteiger charge is 2.21. The molecule has 2 heterocycles. The molecule has 5 rings (SSSR count). The molecule has 1 amide bonds. The van der Waals surface area contributed by atoms with Crippen LogP contribution in [0.1, 0.15) is 58.4 Å². The van der Waals surface area contributed by atoms with Gasteiger partial charge in [0.1, 0.15) is 5.65 Å². The maximum atomic E-state index is 13.2. The molecule has 0 spiro atoms. The molecule has 1 N–H and O–H groups in total. The van der Waals surface area contributed by atoms with E-state index in [1.165, 1.54) is 12.1 Å². The molecule has 1 fully saturated rings. The van der Waals surface area contributed by atoms with E-state index in [0.717, 1.165) is 36.9 Å². The Hall–Kier alpha value is -3.78. The van der Waals surface area contributed by atoms with E-state index in [-0.39, 0.29) is 27.5 Å². The van der Waals surface area contributed by atoms with Gasteiger partial charge in [-0.2, -0.15) is 0 Å². The van der Waals surface area contributed by atoms with Crippen LogP contribution in [0.4, 0.5) is 0 Å². The van der Waals surface area contributed by atoms with Gasteiger partial charge in [-0.05, 0) is 67.3 Å². The molecule has 4 aromatic rings. The fraction of sp³-hybridized carbons (Fsp3) is 0.250. The molecule has 1 aliphatic rings. The SMILES string of the molecule is O=C(CCc1ccc(S(=O)(=O)c2cccc(C(=O)NC3CCCC3)c2)cc1)c1ccc2nccn2c1. The van der Waals surface area contributed by atoms with Crippen LogP contribution in [0.5, 0.6) is 0 Å². The number of hydrogen-bond acceptors (Lipinski definition) is 5. The lowest BCUT2D eigenvalue weighted by molar-refractivity contribution is 0.0936. The van der Waals surface area contributed by atoms with Crippen molar-refractivity contribution in [2.45, 2.75) is 54.4 Å². The van der Waals surface area contributed by atoms with Gasteiger partial charge in [-0.15, -0.1) is 0 Å². The molecule has 7 nitrogen and oxygen atoms in total. The lowest BCUT2D eigenvalue weighted by Gasteiger charge is -2.13. The van der Waals surface area contributed by atoms with Crippen LogP contribution in [0.25, 0.3) is 5.65 Å². The van der Waals surface area contributed by atoms with Gasteiger partial charge in [-0.3, -0.25) is 9.59 Å². The van der Waals surface area contributed by atoms with Crippen LogP contribution in [0.2, 0.25) is 0 Å². The molecule has 1 aliphatic carbocycles. The zero-order valence-corrected chi connectivity index (χ0v) is 20.6. The Bertz CT molecular complexity index is 1520. The summed E-state index contributed by atoms with van der Waals surface area (Å²) in [5.74, 6) is -0.235. The summed E-state index contributed by atoms with van der Waals surface area (Å²) in [5.41, 5.74) is 2.60. The summed E-state index contributed by atoms with van der Waals surface area (Å²) in [6.07, 6.45) is 10.2. The number of carbonyl (C=O) groups excluding carboxylic acids is 2. The van der Waals surface area contributed by atoms with Crippen molar-refractivity contribution >= 4 is 27.2 Å². The number of imidazole rings is 1. The highest BCUT2D eigenvalue weighted by molar-refractivity contribution is 7.91. The topological polar surface area (TPSA) is 97.6 Å². The quantitative estimate of drug-likeness (QED) is 0.354. The van der Waals surface area contributed by atoms with E-state index in [4.69, 9.17) is 0 Å². The Morgan fingerprint density at radius 2 is 1.72 bits per heavy atom. The van der Waals surface area contributed by atoms with E-state index in [9.17, 15) is 18.0 Å². The first-order valence-electron chi connectivity index (χ1n) is 12.1. The smallest absolute Gasteiger partial charge is 0.251 e. The summed E-state index contributed by atoms with van der Waals surface area (Å²) in [6, 6.07) is 16.5. The summed E-state index contributed by atoms with van der Waals surface area (Å²) in [4.78, 5) is 29.6. The Kier molecular flexibility index (Phi) is 6.69. The highest BCUT2D eigenvalue weighted by Crippen LogP contribution is 2.23. The predicted molar refractivity (Wildman–Crippen MR) is 136 cm³/mol. The molecule has 0 radical (unpaired) electrons. The van der Waals surface area contributed by atoms with Crippen LogP contribution in [0.15, 0.2) is 89.0 Å². The first kappa shape index (κ1) is 23.9. The predicted octanol–water partition coefficient (Wildman–Crippen LogP) is 4.66. The Morgan fingerprint density at radius 3 is 2.50 bits per heavy atom. The van der Waals surface area contributed by atoms with Gasteiger partial charge in [0.05, 0.1) is 9.79 Å². The highest BCUT2D eigenvalue weighted by atomic mass is 32.2. The fourth-order valence-corrected chi connectivity index (χ4v) is 5.91. The zero-order chi connectivity index (χ0) is 25.1. The minimum Gasteiger partial charge on any atom is -0.349 e. The second-order valence-corrected chi connectivity index (χ2v) is 11.1. The van der Waals surface area contributed by atoms with Crippen molar-refractivity contribution in [3.8, 4) is 0 Å². The first-order valence-corrected chi connectivity index (χ1v) is 13.6. The van der Waals surface area contributed by atoms with Gasteiger partial charge >= 0.3 is 0 Å². The van der Waals surface area contributed by atoms with Crippen molar-refractivity contribution in [3.63, 3.8) is 0 Å². The molecule has 184 valence electrons. The molecule has 0 atom stereocenters. The summed E-state index contributed by atoms with van der Waals surface area (Å²) in [5, 5.41) is 3.00. The van der Waals surface area contributed by atoms with Crippen LogP contribution in [-0.2, 0) is 16.3 Å². The van der Waals surface area contributed by atoms with Crippen molar-refractivity contribution in [3.05, 3.63) is 95.9 Å². The lowest BCUT2D eigenvalue weighted by Crippen LogP contribution is -2.32. The standard InChI is InChI=1S/C28H27N3O4S/c32-26(22-11-15-27-29-16-17-31(27)19-22)14-10-20-8-12-24(13-9-20)36(34,35)25-7-3-4-21(18-25)28(33)30-23-5-1-2-6-23/h3-4,7-9,11-13,15-19,23H,1-2,5-6,10,14H2,(H,30,33). The number of ketones is 1. The number of carbonyl (C=O) groups is 2. The second kappa shape index (κ2) is 10.1. The minimum atomic E-state index is -3.78. The molecule has 2 aromatic carbocycles. The van der Waals surface area contributed by atoms with E-state index in [1.54, 1.807) is 71.5 Å². The van der Waals surface area contributed by atoms with Crippen molar-refractivity contribution in [1.82, 2.24) is 14.7 Å². The summed E-state index contributed by atoms with van der Waals surface area (Å²) < 4.78 is 28.2. The Balaban J connectivity index is 1.25. The summed E-state index contributed by atoms with van der Waals surface area (Å²) in [7, 11) is -3.78. The maximum Gasteiger partial charge on any atom is 0.251 e. The molecule has 2 aromatic heterocycles. The van der Waals surface area contributed by atoms with Gasteiger partial charge in [0, 0.05) is 42.2 Å². The Morgan fingerprint density at radius 1 is 0.944 bits per heavy atom. The average molecular weight is 502 g/mol. The van der Waals surface area contributed by atoms with Crippen molar-refractivity contribution in [2.75, 3.05) is 0 Å². The van der Waals surface area contributed by atoms with Crippen LogP contribution in [-0.4, -0.2) is 35.5 Å². The van der Waals surface area contributed by atoms with Crippen LogP contribution >= 0.6 is 0 Å². The first-order chi connectivity index (χ1) is 17.4. The Labute approximate surface area is 210 Å². The monoisotopic (exact) mass is 501 g/mol. The van der Waals surface area contributed by atoms with Crippen LogP contribution in [0.3, 0.4) is 0 Å². The van der Waals surface area contributed by atoms with E-state index in [2.05, 4.69) is 10.3 Å². The normalized spacial score (nSPS) is 14.2. The third-order valence-electron chi connectivity index (χ3n) is 6.68. The van der Waals surface area contributed by atoms with Gasteiger partial charge in [0.25, 0.3) is 5.91 Å². The molecule has 36 heavy (non-hydrogen) atoms. The molecule has 0 saturated heterocycles. The number of amides is 1. The number of aromatic nitrogens is 2. The van der Waals surface area contributed by atoms with Gasteiger partial charge in [-0.1, -0.05) is 31.0 Å². The van der Waals surface area contributed by atoms with Gasteiger partial charge in [-0.25, -0.2) is 13.4 Å². The molecule has 8 heteroatoms. The van der Waals surface area contributed by atoms with Gasteiger partial charge in [0.2, 0.25) is 9.84 Å². The minimum absolute atomic E-state index is 0.00925. The number of sulfone groups is 1. The van der Waals surface area contributed by atoms with Gasteiger partial charge in [0.15, 0.2) is 5.78 Å². The van der Waals surface area contributed by atoms with E-state index in [0.29, 0.717) is 24.0 Å². The van der Waals surface area contributed by atoms with Gasteiger partial charge < -0.3 is 9.72 Å². The molecular formula is C28H27N3O4S. The van der Waals surface area contributed by atoms with E-state index < -0.39 is 9.84 Å². The zero-order valence-electron chi connectivity index (χ0n) is 19.8. The number of rotatable bonds is 8. The number of Topliss-reactive ketones (excluding diaryl/α,β-unsaturated/α-hetero) is 1. The number of nitrogens with one attached hydrogen (secondary N) is 1. The van der Waals surface area contributed by atoms with Crippen LogP contribution < -0.4 is 5.32 Å². The summed E-state index contributed by atoms with van der Waals surface area (Å²) in [6.45, 7) is 0.